The molecule has 0 aromatic heterocycles. The van der Waals surface area contributed by atoms with Crippen molar-refractivity contribution in [3.63, 3.8) is 0 Å². The molecule has 4 nitrogen and oxygen atoms in total. The molecule has 1 spiro atoms. The fraction of sp³-hybridized carbons (Fsp3) is 0.650. The normalized spacial score (nSPS) is 25.0. The summed E-state index contributed by atoms with van der Waals surface area (Å²) in [5.41, 5.74) is 1.06. The third kappa shape index (κ3) is 3.74. The summed E-state index contributed by atoms with van der Waals surface area (Å²) in [4.78, 5) is 21.1. The predicted octanol–water partition coefficient (Wildman–Crippen LogP) is 3.47. The van der Waals surface area contributed by atoms with Crippen molar-refractivity contribution >= 4 is 17.7 Å². The number of amides is 1. The number of hydrogen-bond donors (Lipinski definition) is 0. The van der Waals surface area contributed by atoms with Crippen LogP contribution in [0.15, 0.2) is 30.3 Å². The Hall–Kier alpha value is -1.04. The van der Waals surface area contributed by atoms with Gasteiger partial charge in [0.25, 0.3) is 0 Å². The summed E-state index contributed by atoms with van der Waals surface area (Å²) >= 11 is 2.09. The van der Waals surface area contributed by atoms with Gasteiger partial charge in [0.15, 0.2) is 0 Å². The summed E-state index contributed by atoms with van der Waals surface area (Å²) in [6.45, 7) is 2.69. The molecule has 5 heteroatoms. The molecule has 3 aliphatic rings. The Balaban J connectivity index is 1.37. The second-order valence-electron chi connectivity index (χ2n) is 7.55. The summed E-state index contributed by atoms with van der Waals surface area (Å²) < 4.78 is 0. The first-order valence-electron chi connectivity index (χ1n) is 9.59. The van der Waals surface area contributed by atoms with Gasteiger partial charge in [0, 0.05) is 25.6 Å². The van der Waals surface area contributed by atoms with E-state index in [0.29, 0.717) is 13.0 Å². The van der Waals surface area contributed by atoms with Crippen LogP contribution in [0.5, 0.6) is 0 Å². The standard InChI is InChI=1S/C20H28N2O2S/c23-19-6-9-20(22(19)24-16-17-4-2-1-3-5-17)10-12-21(13-11-20)18-7-14-25-15-8-18/h1-5,18H,6-16H2. The summed E-state index contributed by atoms with van der Waals surface area (Å²) in [5, 5.41) is 1.76. The van der Waals surface area contributed by atoms with E-state index in [1.807, 2.05) is 18.2 Å². The third-order valence-corrected chi connectivity index (χ3v) is 7.15. The highest BCUT2D eigenvalue weighted by molar-refractivity contribution is 7.99. The number of carbonyl (C=O) groups is 1. The number of hydrogen-bond acceptors (Lipinski definition) is 4. The molecule has 0 unspecified atom stereocenters. The minimum Gasteiger partial charge on any atom is -0.300 e. The second-order valence-corrected chi connectivity index (χ2v) is 8.78. The van der Waals surface area contributed by atoms with E-state index in [2.05, 4.69) is 28.8 Å². The van der Waals surface area contributed by atoms with Crippen LogP contribution < -0.4 is 0 Å². The Labute approximate surface area is 154 Å². The zero-order valence-corrected chi connectivity index (χ0v) is 15.7. The lowest BCUT2D eigenvalue weighted by Gasteiger charge is -2.46. The minimum atomic E-state index is -0.0637. The van der Waals surface area contributed by atoms with E-state index < -0.39 is 0 Å². The van der Waals surface area contributed by atoms with Gasteiger partial charge in [-0.15, -0.1) is 0 Å². The molecular formula is C20H28N2O2S. The Kier molecular flexibility index (Phi) is 5.34. The van der Waals surface area contributed by atoms with Crippen LogP contribution in [0.3, 0.4) is 0 Å². The molecule has 0 radical (unpaired) electrons. The maximum absolute atomic E-state index is 12.4. The Morgan fingerprint density at radius 1 is 1.08 bits per heavy atom. The molecule has 0 aliphatic carbocycles. The van der Waals surface area contributed by atoms with Gasteiger partial charge in [-0.05, 0) is 49.2 Å². The number of piperidine rings is 1. The van der Waals surface area contributed by atoms with E-state index in [9.17, 15) is 4.79 Å². The van der Waals surface area contributed by atoms with Crippen LogP contribution in [0, 0.1) is 0 Å². The Morgan fingerprint density at radius 3 is 2.52 bits per heavy atom. The molecule has 0 saturated carbocycles. The van der Waals surface area contributed by atoms with Crippen LogP contribution in [0.1, 0.15) is 44.1 Å². The number of hydroxylamine groups is 2. The van der Waals surface area contributed by atoms with Gasteiger partial charge in [0.05, 0.1) is 5.54 Å². The topological polar surface area (TPSA) is 32.8 Å². The fourth-order valence-corrected chi connectivity index (χ4v) is 5.62. The van der Waals surface area contributed by atoms with Crippen LogP contribution in [-0.2, 0) is 16.2 Å². The van der Waals surface area contributed by atoms with E-state index in [1.54, 1.807) is 5.06 Å². The van der Waals surface area contributed by atoms with Crippen LogP contribution in [0.4, 0.5) is 0 Å². The SMILES string of the molecule is O=C1CCC2(CCN(C3CCSCC3)CC2)N1OCc1ccccc1. The third-order valence-electron chi connectivity index (χ3n) is 6.10. The number of likely N-dealkylation sites (tertiary alicyclic amines) is 1. The van der Waals surface area contributed by atoms with Gasteiger partial charge in [0.2, 0.25) is 5.91 Å². The number of nitrogens with zero attached hydrogens (tertiary/aromatic N) is 2. The molecule has 25 heavy (non-hydrogen) atoms. The summed E-state index contributed by atoms with van der Waals surface area (Å²) in [7, 11) is 0. The smallest absolute Gasteiger partial charge is 0.246 e. The lowest BCUT2D eigenvalue weighted by molar-refractivity contribution is -0.223. The molecule has 0 N–H and O–H groups in total. The minimum absolute atomic E-state index is 0.0637. The molecule has 3 aliphatic heterocycles. The van der Waals surface area contributed by atoms with Crippen molar-refractivity contribution in [3.05, 3.63) is 35.9 Å². The summed E-state index contributed by atoms with van der Waals surface area (Å²) in [6, 6.07) is 10.9. The van der Waals surface area contributed by atoms with Gasteiger partial charge in [-0.3, -0.25) is 9.63 Å². The van der Waals surface area contributed by atoms with E-state index >= 15 is 0 Å². The average molecular weight is 361 g/mol. The lowest BCUT2D eigenvalue weighted by atomic mass is 9.85. The van der Waals surface area contributed by atoms with Gasteiger partial charge in [-0.1, -0.05) is 30.3 Å². The highest BCUT2D eigenvalue weighted by atomic mass is 32.2. The first kappa shape index (κ1) is 17.4. The number of benzene rings is 1. The number of rotatable bonds is 4. The quantitative estimate of drug-likeness (QED) is 0.823. The van der Waals surface area contributed by atoms with E-state index in [-0.39, 0.29) is 11.4 Å². The Morgan fingerprint density at radius 2 is 1.80 bits per heavy atom. The molecular weight excluding hydrogens is 332 g/mol. The van der Waals surface area contributed by atoms with Gasteiger partial charge >= 0.3 is 0 Å². The highest BCUT2D eigenvalue weighted by Gasteiger charge is 2.48. The first-order chi connectivity index (χ1) is 12.3. The van der Waals surface area contributed by atoms with Gasteiger partial charge in [0.1, 0.15) is 6.61 Å². The first-order valence-corrected chi connectivity index (χ1v) is 10.7. The van der Waals surface area contributed by atoms with Crippen molar-refractivity contribution in [2.75, 3.05) is 24.6 Å². The molecule has 4 rings (SSSR count). The van der Waals surface area contributed by atoms with Gasteiger partial charge in [-0.25, -0.2) is 5.06 Å². The number of thioether (sulfide) groups is 1. The highest BCUT2D eigenvalue weighted by Crippen LogP contribution is 2.40. The maximum atomic E-state index is 12.4. The maximum Gasteiger partial charge on any atom is 0.246 e. The van der Waals surface area contributed by atoms with Crippen molar-refractivity contribution in [3.8, 4) is 0 Å². The van der Waals surface area contributed by atoms with Crippen molar-refractivity contribution in [2.24, 2.45) is 0 Å². The monoisotopic (exact) mass is 360 g/mol. The van der Waals surface area contributed by atoms with E-state index in [0.717, 1.165) is 44.0 Å². The summed E-state index contributed by atoms with van der Waals surface area (Å²) in [6.07, 6.45) is 6.34. The molecule has 3 heterocycles. The summed E-state index contributed by atoms with van der Waals surface area (Å²) in [5.74, 6) is 2.77. The van der Waals surface area contributed by atoms with Crippen molar-refractivity contribution in [1.29, 1.82) is 0 Å². The van der Waals surface area contributed by atoms with Gasteiger partial charge in [-0.2, -0.15) is 11.8 Å². The molecule has 3 saturated heterocycles. The second kappa shape index (κ2) is 7.68. The largest absolute Gasteiger partial charge is 0.300 e. The van der Waals surface area contributed by atoms with Crippen LogP contribution in [0.25, 0.3) is 0 Å². The van der Waals surface area contributed by atoms with Crippen molar-refractivity contribution in [2.45, 2.75) is 56.7 Å². The zero-order valence-electron chi connectivity index (χ0n) is 14.9. The van der Waals surface area contributed by atoms with Crippen molar-refractivity contribution in [1.82, 2.24) is 9.96 Å². The van der Waals surface area contributed by atoms with E-state index in [1.165, 1.54) is 24.3 Å². The lowest BCUT2D eigenvalue weighted by Crippen LogP contribution is -2.55. The molecule has 136 valence electrons. The molecule has 0 atom stereocenters. The molecule has 1 aromatic rings. The molecule has 1 aromatic carbocycles. The molecule has 1 amide bonds. The van der Waals surface area contributed by atoms with E-state index in [4.69, 9.17) is 4.84 Å². The fourth-order valence-electron chi connectivity index (χ4n) is 4.54. The number of carbonyl (C=O) groups excluding carboxylic acids is 1. The predicted molar refractivity (Wildman–Crippen MR) is 101 cm³/mol. The van der Waals surface area contributed by atoms with Gasteiger partial charge < -0.3 is 4.90 Å². The van der Waals surface area contributed by atoms with Crippen LogP contribution in [0.2, 0.25) is 0 Å². The van der Waals surface area contributed by atoms with Crippen LogP contribution in [-0.4, -0.2) is 52.0 Å². The Bertz CT molecular complexity index is 581. The average Bonchev–Trinajstić information content (AvgIpc) is 2.97. The molecule has 0 bridgehead atoms. The zero-order chi connectivity index (χ0) is 17.1. The van der Waals surface area contributed by atoms with Crippen LogP contribution >= 0.6 is 11.8 Å². The molecule has 3 fully saturated rings. The van der Waals surface area contributed by atoms with Crippen molar-refractivity contribution < 1.29 is 9.63 Å².